The van der Waals surface area contributed by atoms with E-state index >= 15 is 0 Å². The number of likely N-dealkylation sites (tertiary alicyclic amines) is 1. The molecule has 4 nitrogen and oxygen atoms in total. The number of halogens is 3. The minimum absolute atomic E-state index is 0.0763. The van der Waals surface area contributed by atoms with Gasteiger partial charge in [-0.1, -0.05) is 6.07 Å². The third-order valence-electron chi connectivity index (χ3n) is 5.64. The maximum atomic E-state index is 12.8. The molecule has 2 aliphatic rings. The standard InChI is InChI=1S/C20H27F3N2O2/c21-20(22,23)19-5-1-3-17(24-19)15-6-11-25(12-7-15)10-2-4-18(26)16-8-13-27-14-9-16/h1,3,5,15-16H,2,4,6-14H2. The van der Waals surface area contributed by atoms with E-state index in [9.17, 15) is 18.0 Å². The predicted molar refractivity (Wildman–Crippen MR) is 95.4 cm³/mol. The van der Waals surface area contributed by atoms with Gasteiger partial charge in [-0.15, -0.1) is 0 Å². The van der Waals surface area contributed by atoms with E-state index in [1.54, 1.807) is 6.07 Å². The number of hydrogen-bond acceptors (Lipinski definition) is 4. The highest BCUT2D eigenvalue weighted by Crippen LogP contribution is 2.31. The number of aromatic nitrogens is 1. The smallest absolute Gasteiger partial charge is 0.381 e. The molecule has 0 bridgehead atoms. The van der Waals surface area contributed by atoms with Crippen molar-refractivity contribution in [2.45, 2.75) is 50.6 Å². The lowest BCUT2D eigenvalue weighted by Crippen LogP contribution is -2.34. The van der Waals surface area contributed by atoms with Crippen LogP contribution in [0.4, 0.5) is 13.2 Å². The Labute approximate surface area is 158 Å². The minimum Gasteiger partial charge on any atom is -0.381 e. The summed E-state index contributed by atoms with van der Waals surface area (Å²) in [6.45, 7) is 3.93. The van der Waals surface area contributed by atoms with Crippen LogP contribution in [-0.2, 0) is 15.7 Å². The van der Waals surface area contributed by atoms with E-state index in [0.29, 0.717) is 31.1 Å². The molecule has 7 heteroatoms. The van der Waals surface area contributed by atoms with Gasteiger partial charge in [0, 0.05) is 37.2 Å². The summed E-state index contributed by atoms with van der Waals surface area (Å²) in [4.78, 5) is 18.4. The summed E-state index contributed by atoms with van der Waals surface area (Å²) in [5, 5.41) is 0. The van der Waals surface area contributed by atoms with Gasteiger partial charge in [0.15, 0.2) is 0 Å². The molecule has 2 saturated heterocycles. The Morgan fingerprint density at radius 2 is 1.85 bits per heavy atom. The first kappa shape index (κ1) is 20.3. The van der Waals surface area contributed by atoms with Crippen molar-refractivity contribution < 1.29 is 22.7 Å². The molecule has 0 aliphatic carbocycles. The van der Waals surface area contributed by atoms with Crippen LogP contribution in [0.5, 0.6) is 0 Å². The number of pyridine rings is 1. The number of ether oxygens (including phenoxy) is 1. The Hall–Kier alpha value is -1.47. The van der Waals surface area contributed by atoms with Crippen molar-refractivity contribution >= 4 is 5.78 Å². The van der Waals surface area contributed by atoms with Crippen LogP contribution < -0.4 is 0 Å². The highest BCUT2D eigenvalue weighted by molar-refractivity contribution is 5.81. The number of piperidine rings is 1. The first-order chi connectivity index (χ1) is 12.9. The molecule has 1 aromatic rings. The molecular formula is C20H27F3N2O2. The molecule has 27 heavy (non-hydrogen) atoms. The topological polar surface area (TPSA) is 42.4 Å². The van der Waals surface area contributed by atoms with Gasteiger partial charge in [0.1, 0.15) is 11.5 Å². The van der Waals surface area contributed by atoms with Crippen LogP contribution in [0.1, 0.15) is 55.8 Å². The zero-order valence-corrected chi connectivity index (χ0v) is 15.5. The largest absolute Gasteiger partial charge is 0.433 e. The van der Waals surface area contributed by atoms with Crippen LogP contribution in [0.15, 0.2) is 18.2 Å². The van der Waals surface area contributed by atoms with Crippen LogP contribution in [0.2, 0.25) is 0 Å². The van der Waals surface area contributed by atoms with Crippen molar-refractivity contribution in [2.24, 2.45) is 5.92 Å². The summed E-state index contributed by atoms with van der Waals surface area (Å²) in [6.07, 6.45) is 0.364. The molecule has 0 spiro atoms. The Balaban J connectivity index is 1.41. The zero-order chi connectivity index (χ0) is 19.3. The van der Waals surface area contributed by atoms with Crippen LogP contribution in [0.3, 0.4) is 0 Å². The first-order valence-electron chi connectivity index (χ1n) is 9.80. The molecule has 3 rings (SSSR count). The lowest BCUT2D eigenvalue weighted by Gasteiger charge is -2.32. The van der Waals surface area contributed by atoms with Crippen molar-refractivity contribution in [3.05, 3.63) is 29.6 Å². The Morgan fingerprint density at radius 3 is 2.52 bits per heavy atom. The van der Waals surface area contributed by atoms with E-state index in [-0.39, 0.29) is 11.8 Å². The quantitative estimate of drug-likeness (QED) is 0.742. The second-order valence-electron chi connectivity index (χ2n) is 7.52. The number of Topliss-reactive ketones (excluding diaryl/α,β-unsaturated/α-hetero) is 1. The van der Waals surface area contributed by atoms with Crippen molar-refractivity contribution in [3.63, 3.8) is 0 Å². The van der Waals surface area contributed by atoms with Gasteiger partial charge in [0.05, 0.1) is 0 Å². The average molecular weight is 384 g/mol. The molecule has 0 unspecified atom stereocenters. The Kier molecular flexibility index (Phi) is 6.87. The first-order valence-corrected chi connectivity index (χ1v) is 9.80. The second kappa shape index (κ2) is 9.15. The van der Waals surface area contributed by atoms with Crippen LogP contribution in [0.25, 0.3) is 0 Å². The maximum Gasteiger partial charge on any atom is 0.433 e. The van der Waals surface area contributed by atoms with E-state index < -0.39 is 11.9 Å². The van der Waals surface area contributed by atoms with Crippen LogP contribution >= 0.6 is 0 Å². The molecule has 150 valence electrons. The lowest BCUT2D eigenvalue weighted by atomic mass is 9.91. The molecule has 0 aromatic carbocycles. The number of hydrogen-bond donors (Lipinski definition) is 0. The van der Waals surface area contributed by atoms with Gasteiger partial charge < -0.3 is 9.64 Å². The predicted octanol–water partition coefficient (Wildman–Crippen LogP) is 4.06. The summed E-state index contributed by atoms with van der Waals surface area (Å²) in [6, 6.07) is 4.16. The van der Waals surface area contributed by atoms with Gasteiger partial charge in [0.25, 0.3) is 0 Å². The average Bonchev–Trinajstić information content (AvgIpc) is 2.68. The molecule has 0 radical (unpaired) electrons. The fourth-order valence-corrected chi connectivity index (χ4v) is 3.99. The van der Waals surface area contributed by atoms with E-state index in [1.807, 2.05) is 0 Å². The van der Waals surface area contributed by atoms with E-state index in [4.69, 9.17) is 4.74 Å². The van der Waals surface area contributed by atoms with Gasteiger partial charge in [-0.25, -0.2) is 4.98 Å². The zero-order valence-electron chi connectivity index (χ0n) is 15.5. The van der Waals surface area contributed by atoms with E-state index in [2.05, 4.69) is 9.88 Å². The minimum atomic E-state index is -4.40. The van der Waals surface area contributed by atoms with Crippen molar-refractivity contribution in [1.82, 2.24) is 9.88 Å². The number of rotatable bonds is 6. The molecule has 3 heterocycles. The summed E-state index contributed by atoms with van der Waals surface area (Å²) < 4.78 is 43.8. The number of nitrogens with zero attached hydrogens (tertiary/aromatic N) is 2. The number of carbonyl (C=O) groups excluding carboxylic acids is 1. The molecule has 0 atom stereocenters. The summed E-state index contributed by atoms with van der Waals surface area (Å²) in [5.74, 6) is 0.588. The van der Waals surface area contributed by atoms with Crippen molar-refractivity contribution in [2.75, 3.05) is 32.8 Å². The molecule has 2 fully saturated rings. The summed E-state index contributed by atoms with van der Waals surface area (Å²) >= 11 is 0. The van der Waals surface area contributed by atoms with E-state index in [0.717, 1.165) is 57.8 Å². The normalized spacial score (nSPS) is 20.7. The molecule has 2 aliphatic heterocycles. The summed E-state index contributed by atoms with van der Waals surface area (Å²) in [5.41, 5.74) is -0.270. The Bertz CT molecular complexity index is 622. The molecule has 0 amide bonds. The van der Waals surface area contributed by atoms with Crippen LogP contribution in [0, 0.1) is 5.92 Å². The molecule has 0 saturated carbocycles. The Morgan fingerprint density at radius 1 is 1.15 bits per heavy atom. The monoisotopic (exact) mass is 384 g/mol. The molecule has 1 aromatic heterocycles. The van der Waals surface area contributed by atoms with Crippen molar-refractivity contribution in [3.8, 4) is 0 Å². The summed E-state index contributed by atoms with van der Waals surface area (Å²) in [7, 11) is 0. The highest BCUT2D eigenvalue weighted by Gasteiger charge is 2.33. The number of ketones is 1. The fraction of sp³-hybridized carbons (Fsp3) is 0.700. The van der Waals surface area contributed by atoms with E-state index in [1.165, 1.54) is 6.07 Å². The van der Waals surface area contributed by atoms with Gasteiger partial charge in [-0.3, -0.25) is 4.79 Å². The SMILES string of the molecule is O=C(CCCN1CCC(c2cccc(C(F)(F)F)n2)CC1)C1CCOCC1. The van der Waals surface area contributed by atoms with Gasteiger partial charge >= 0.3 is 6.18 Å². The lowest BCUT2D eigenvalue weighted by molar-refractivity contribution is -0.141. The van der Waals surface area contributed by atoms with Crippen molar-refractivity contribution in [1.29, 1.82) is 0 Å². The van der Waals surface area contributed by atoms with Crippen LogP contribution in [-0.4, -0.2) is 48.5 Å². The maximum absolute atomic E-state index is 12.8. The second-order valence-corrected chi connectivity index (χ2v) is 7.52. The van der Waals surface area contributed by atoms with Gasteiger partial charge in [0.2, 0.25) is 0 Å². The molecular weight excluding hydrogens is 357 g/mol. The molecule has 0 N–H and O–H groups in total. The van der Waals surface area contributed by atoms with Gasteiger partial charge in [-0.2, -0.15) is 13.2 Å². The third kappa shape index (κ3) is 5.75. The van der Waals surface area contributed by atoms with Gasteiger partial charge in [-0.05, 0) is 63.9 Å². The highest BCUT2D eigenvalue weighted by atomic mass is 19.4. The number of alkyl halides is 3. The fourth-order valence-electron chi connectivity index (χ4n) is 3.99. The number of carbonyl (C=O) groups is 1. The third-order valence-corrected chi connectivity index (χ3v) is 5.64.